The van der Waals surface area contributed by atoms with E-state index in [2.05, 4.69) is 37.8 Å². The van der Waals surface area contributed by atoms with Crippen molar-refractivity contribution in [1.82, 2.24) is 4.90 Å². The van der Waals surface area contributed by atoms with Gasteiger partial charge in [0.2, 0.25) is 0 Å². The Kier molecular flexibility index (Phi) is 4.24. The van der Waals surface area contributed by atoms with Crippen LogP contribution < -0.4 is 0 Å². The molecule has 3 heteroatoms. The average Bonchev–Trinajstić information content (AvgIpc) is 2.74. The third-order valence-electron chi connectivity index (χ3n) is 4.06. The topological polar surface area (TPSA) is 12.5 Å². The van der Waals surface area contributed by atoms with Crippen LogP contribution in [-0.4, -0.2) is 30.7 Å². The maximum atomic E-state index is 6.46. The van der Waals surface area contributed by atoms with Crippen molar-refractivity contribution in [3.05, 3.63) is 34.9 Å². The molecule has 19 heavy (non-hydrogen) atoms. The molecule has 1 aliphatic rings. The number of benzene rings is 1. The number of hydrogen-bond acceptors (Lipinski definition) is 2. The normalized spacial score (nSPS) is 24.9. The molecule has 0 saturated carbocycles. The molecule has 106 valence electrons. The Hall–Kier alpha value is -0.570. The van der Waals surface area contributed by atoms with E-state index in [0.717, 1.165) is 18.0 Å². The molecule has 0 aliphatic carbocycles. The van der Waals surface area contributed by atoms with E-state index in [1.165, 1.54) is 12.0 Å². The predicted octanol–water partition coefficient (Wildman–Crippen LogP) is 4.08. The van der Waals surface area contributed by atoms with Crippen LogP contribution in [-0.2, 0) is 10.3 Å². The summed E-state index contributed by atoms with van der Waals surface area (Å²) in [6, 6.07) is 8.18. The fourth-order valence-corrected chi connectivity index (χ4v) is 3.75. The van der Waals surface area contributed by atoms with E-state index in [9.17, 15) is 0 Å². The van der Waals surface area contributed by atoms with Crippen molar-refractivity contribution in [3.8, 4) is 0 Å². The van der Waals surface area contributed by atoms with Gasteiger partial charge in [0.25, 0.3) is 0 Å². The van der Waals surface area contributed by atoms with Gasteiger partial charge in [-0.25, -0.2) is 0 Å². The molecule has 1 aromatic carbocycles. The van der Waals surface area contributed by atoms with Crippen molar-refractivity contribution in [2.24, 2.45) is 0 Å². The van der Waals surface area contributed by atoms with Crippen molar-refractivity contribution >= 4 is 11.6 Å². The van der Waals surface area contributed by atoms with E-state index in [-0.39, 0.29) is 11.1 Å². The van der Waals surface area contributed by atoms with Gasteiger partial charge in [0.15, 0.2) is 0 Å². The van der Waals surface area contributed by atoms with Crippen LogP contribution in [0.25, 0.3) is 0 Å². The quantitative estimate of drug-likeness (QED) is 0.828. The number of nitrogens with zero attached hydrogens (tertiary/aromatic N) is 1. The molecule has 2 rings (SSSR count). The number of rotatable bonds is 3. The van der Waals surface area contributed by atoms with Crippen molar-refractivity contribution in [3.63, 3.8) is 0 Å². The van der Waals surface area contributed by atoms with Crippen LogP contribution in [0.2, 0.25) is 5.02 Å². The molecule has 1 saturated heterocycles. The highest BCUT2D eigenvalue weighted by Gasteiger charge is 2.47. The first kappa shape index (κ1) is 14.8. The first-order valence-corrected chi connectivity index (χ1v) is 7.31. The van der Waals surface area contributed by atoms with Crippen LogP contribution in [0.3, 0.4) is 0 Å². The number of methoxy groups -OCH3 is 1. The third kappa shape index (κ3) is 2.67. The highest BCUT2D eigenvalue weighted by atomic mass is 35.5. The Bertz CT molecular complexity index is 441. The Balaban J connectivity index is 2.52. The van der Waals surface area contributed by atoms with Gasteiger partial charge in [-0.1, -0.05) is 29.8 Å². The van der Waals surface area contributed by atoms with E-state index in [1.54, 1.807) is 7.11 Å². The number of hydrogen-bond donors (Lipinski definition) is 0. The molecular weight excluding hydrogens is 258 g/mol. The van der Waals surface area contributed by atoms with Crippen molar-refractivity contribution in [2.45, 2.75) is 44.7 Å². The molecule has 1 heterocycles. The second kappa shape index (κ2) is 5.43. The van der Waals surface area contributed by atoms with Gasteiger partial charge in [-0.2, -0.15) is 0 Å². The summed E-state index contributed by atoms with van der Waals surface area (Å²) in [6.45, 7) is 8.57. The summed E-state index contributed by atoms with van der Waals surface area (Å²) < 4.78 is 5.56. The van der Waals surface area contributed by atoms with Crippen LogP contribution in [0.5, 0.6) is 0 Å². The Morgan fingerprint density at radius 3 is 2.58 bits per heavy atom. The van der Waals surface area contributed by atoms with Crippen LogP contribution in [0, 0.1) is 0 Å². The summed E-state index contributed by atoms with van der Waals surface area (Å²) in [5, 5.41) is 0.843. The zero-order chi connectivity index (χ0) is 14.1. The van der Waals surface area contributed by atoms with Gasteiger partial charge in [-0.3, -0.25) is 4.90 Å². The molecule has 0 spiro atoms. The Morgan fingerprint density at radius 2 is 2.00 bits per heavy atom. The lowest BCUT2D eigenvalue weighted by molar-refractivity contribution is -0.0163. The molecule has 1 unspecified atom stereocenters. The van der Waals surface area contributed by atoms with E-state index in [4.69, 9.17) is 16.3 Å². The lowest BCUT2D eigenvalue weighted by Crippen LogP contribution is -2.53. The highest BCUT2D eigenvalue weighted by Crippen LogP contribution is 2.45. The number of ether oxygens (including phenoxy) is 1. The van der Waals surface area contributed by atoms with Crippen molar-refractivity contribution < 1.29 is 4.74 Å². The Labute approximate surface area is 121 Å². The monoisotopic (exact) mass is 281 g/mol. The minimum absolute atomic E-state index is 0.0919. The molecule has 0 aromatic heterocycles. The fraction of sp³-hybridized carbons (Fsp3) is 0.625. The lowest BCUT2D eigenvalue weighted by Gasteiger charge is -2.46. The standard InChI is InChI=1S/C16H24ClNO/c1-15(2,3)18-11-7-10-16(18,12-19-4)13-8-5-6-9-14(13)17/h5-6,8-9H,7,10-12H2,1-4H3. The molecule has 2 nitrogen and oxygen atoms in total. The van der Waals surface area contributed by atoms with E-state index in [0.29, 0.717) is 6.61 Å². The van der Waals surface area contributed by atoms with Gasteiger partial charge in [0.1, 0.15) is 0 Å². The second-order valence-electron chi connectivity index (χ2n) is 6.37. The summed E-state index contributed by atoms with van der Waals surface area (Å²) >= 11 is 6.46. The molecule has 0 amide bonds. The van der Waals surface area contributed by atoms with Crippen molar-refractivity contribution in [1.29, 1.82) is 0 Å². The molecule has 1 aliphatic heterocycles. The summed E-state index contributed by atoms with van der Waals surface area (Å²) in [5.74, 6) is 0. The van der Waals surface area contributed by atoms with Crippen LogP contribution in [0.4, 0.5) is 0 Å². The lowest BCUT2D eigenvalue weighted by atomic mass is 9.85. The van der Waals surface area contributed by atoms with E-state index >= 15 is 0 Å². The van der Waals surface area contributed by atoms with Crippen LogP contribution in [0.1, 0.15) is 39.2 Å². The molecule has 1 atom stereocenters. The summed E-state index contributed by atoms with van der Waals surface area (Å²) in [5.41, 5.74) is 1.21. The second-order valence-corrected chi connectivity index (χ2v) is 6.78. The molecule has 0 N–H and O–H groups in total. The maximum absolute atomic E-state index is 6.46. The minimum Gasteiger partial charge on any atom is -0.382 e. The minimum atomic E-state index is -0.0919. The van der Waals surface area contributed by atoms with Gasteiger partial charge >= 0.3 is 0 Å². The van der Waals surface area contributed by atoms with Gasteiger partial charge in [-0.15, -0.1) is 0 Å². The SMILES string of the molecule is COCC1(c2ccccc2Cl)CCCN1C(C)(C)C. The first-order valence-electron chi connectivity index (χ1n) is 6.93. The van der Waals surface area contributed by atoms with Gasteiger partial charge in [0, 0.05) is 17.7 Å². The van der Waals surface area contributed by atoms with Gasteiger partial charge < -0.3 is 4.74 Å². The Morgan fingerprint density at radius 1 is 1.32 bits per heavy atom. The van der Waals surface area contributed by atoms with E-state index in [1.807, 2.05) is 12.1 Å². The smallest absolute Gasteiger partial charge is 0.0715 e. The van der Waals surface area contributed by atoms with Crippen LogP contribution in [0.15, 0.2) is 24.3 Å². The molecule has 0 bridgehead atoms. The number of halogens is 1. The largest absolute Gasteiger partial charge is 0.382 e. The zero-order valence-corrected chi connectivity index (χ0v) is 13.1. The van der Waals surface area contributed by atoms with Crippen LogP contribution >= 0.6 is 11.6 Å². The highest BCUT2D eigenvalue weighted by molar-refractivity contribution is 6.31. The maximum Gasteiger partial charge on any atom is 0.0715 e. The summed E-state index contributed by atoms with van der Waals surface area (Å²) in [6.07, 6.45) is 2.29. The molecule has 0 radical (unpaired) electrons. The summed E-state index contributed by atoms with van der Waals surface area (Å²) in [4.78, 5) is 2.55. The fourth-order valence-electron chi connectivity index (χ4n) is 3.44. The average molecular weight is 282 g/mol. The summed E-state index contributed by atoms with van der Waals surface area (Å²) in [7, 11) is 1.78. The molecular formula is C16H24ClNO. The third-order valence-corrected chi connectivity index (χ3v) is 4.39. The van der Waals surface area contributed by atoms with Gasteiger partial charge in [0.05, 0.1) is 12.1 Å². The zero-order valence-electron chi connectivity index (χ0n) is 12.4. The number of likely N-dealkylation sites (tertiary alicyclic amines) is 1. The first-order chi connectivity index (χ1) is 8.92. The van der Waals surface area contributed by atoms with E-state index < -0.39 is 0 Å². The van der Waals surface area contributed by atoms with Gasteiger partial charge in [-0.05, 0) is 51.8 Å². The molecule has 1 aromatic rings. The molecule has 1 fully saturated rings. The predicted molar refractivity (Wildman–Crippen MR) is 80.7 cm³/mol. The van der Waals surface area contributed by atoms with Crippen molar-refractivity contribution in [2.75, 3.05) is 20.3 Å².